The summed E-state index contributed by atoms with van der Waals surface area (Å²) in [7, 11) is 1.97. The van der Waals surface area contributed by atoms with Gasteiger partial charge in [-0.2, -0.15) is 5.10 Å². The summed E-state index contributed by atoms with van der Waals surface area (Å²) in [6.45, 7) is 6.79. The number of nitrogens with one attached hydrogen (secondary N) is 1. The van der Waals surface area contributed by atoms with Gasteiger partial charge in [-0.1, -0.05) is 20.3 Å². The minimum absolute atomic E-state index is 0.244. The molecule has 0 spiro atoms. The number of aryl methyl sites for hydroxylation is 2. The zero-order valence-corrected chi connectivity index (χ0v) is 12.0. The molecule has 18 heavy (non-hydrogen) atoms. The average molecular weight is 250 g/mol. The van der Waals surface area contributed by atoms with Gasteiger partial charge in [-0.05, 0) is 37.5 Å². The van der Waals surface area contributed by atoms with E-state index in [0.29, 0.717) is 5.92 Å². The van der Waals surface area contributed by atoms with Crippen LogP contribution in [0.5, 0.6) is 0 Å². The molecular weight excluding hydrogens is 224 g/mol. The Morgan fingerprint density at radius 3 is 2.61 bits per heavy atom. The van der Waals surface area contributed by atoms with E-state index in [9.17, 15) is 0 Å². The fourth-order valence-corrected chi connectivity index (χ4v) is 3.29. The number of hydrogen-bond acceptors (Lipinski definition) is 3. The van der Waals surface area contributed by atoms with Crippen LogP contribution in [0.3, 0.4) is 0 Å². The van der Waals surface area contributed by atoms with E-state index in [1.165, 1.54) is 24.8 Å². The summed E-state index contributed by atoms with van der Waals surface area (Å²) >= 11 is 0. The lowest BCUT2D eigenvalue weighted by molar-refractivity contribution is 0.171. The van der Waals surface area contributed by atoms with Crippen molar-refractivity contribution < 1.29 is 0 Å². The zero-order valence-electron chi connectivity index (χ0n) is 12.0. The second-order valence-corrected chi connectivity index (χ2v) is 6.02. The van der Waals surface area contributed by atoms with Crippen LogP contribution in [0.15, 0.2) is 6.20 Å². The molecule has 0 aliphatic heterocycles. The van der Waals surface area contributed by atoms with E-state index in [4.69, 9.17) is 5.84 Å². The van der Waals surface area contributed by atoms with E-state index in [-0.39, 0.29) is 6.04 Å². The van der Waals surface area contributed by atoms with Gasteiger partial charge in [-0.15, -0.1) is 0 Å². The van der Waals surface area contributed by atoms with Gasteiger partial charge in [0.15, 0.2) is 0 Å². The first-order valence-electron chi connectivity index (χ1n) is 6.99. The van der Waals surface area contributed by atoms with Gasteiger partial charge in [0, 0.05) is 18.8 Å². The highest BCUT2D eigenvalue weighted by molar-refractivity contribution is 5.21. The molecule has 1 saturated carbocycles. The second kappa shape index (κ2) is 5.41. The van der Waals surface area contributed by atoms with E-state index >= 15 is 0 Å². The molecule has 3 N–H and O–H groups in total. The van der Waals surface area contributed by atoms with Crippen molar-refractivity contribution >= 4 is 0 Å². The lowest BCUT2D eigenvalue weighted by Crippen LogP contribution is -2.37. The molecule has 0 aromatic carbocycles. The highest BCUT2D eigenvalue weighted by Gasteiger charge is 2.31. The number of hydrazine groups is 1. The number of aromatic nitrogens is 2. The van der Waals surface area contributed by atoms with Crippen molar-refractivity contribution in [3.05, 3.63) is 17.5 Å². The zero-order chi connectivity index (χ0) is 13.3. The molecule has 102 valence electrons. The Morgan fingerprint density at radius 2 is 2.11 bits per heavy atom. The Morgan fingerprint density at radius 1 is 1.39 bits per heavy atom. The molecule has 1 heterocycles. The van der Waals surface area contributed by atoms with E-state index < -0.39 is 0 Å². The first-order chi connectivity index (χ1) is 8.52. The Balaban J connectivity index is 2.16. The minimum atomic E-state index is 0.244. The van der Waals surface area contributed by atoms with Gasteiger partial charge in [0.25, 0.3) is 0 Å². The van der Waals surface area contributed by atoms with Gasteiger partial charge in [0.1, 0.15) is 0 Å². The summed E-state index contributed by atoms with van der Waals surface area (Å²) in [4.78, 5) is 0. The molecule has 1 aromatic rings. The molecule has 0 saturated heterocycles. The van der Waals surface area contributed by atoms with E-state index in [1.54, 1.807) is 0 Å². The minimum Gasteiger partial charge on any atom is -0.275 e. The summed E-state index contributed by atoms with van der Waals surface area (Å²) < 4.78 is 1.88. The highest BCUT2D eigenvalue weighted by Crippen LogP contribution is 2.40. The predicted octanol–water partition coefficient (Wildman–Crippen LogP) is 2.31. The van der Waals surface area contributed by atoms with Crippen LogP contribution >= 0.6 is 0 Å². The topological polar surface area (TPSA) is 55.9 Å². The third kappa shape index (κ3) is 2.59. The molecule has 0 radical (unpaired) electrons. The van der Waals surface area contributed by atoms with E-state index in [0.717, 1.165) is 17.5 Å². The highest BCUT2D eigenvalue weighted by atomic mass is 15.3. The maximum atomic E-state index is 5.81. The van der Waals surface area contributed by atoms with Crippen LogP contribution in [-0.4, -0.2) is 9.78 Å². The van der Waals surface area contributed by atoms with Gasteiger partial charge < -0.3 is 0 Å². The van der Waals surface area contributed by atoms with Crippen LogP contribution in [0, 0.1) is 24.7 Å². The quantitative estimate of drug-likeness (QED) is 0.639. The van der Waals surface area contributed by atoms with Crippen molar-refractivity contribution in [1.29, 1.82) is 0 Å². The monoisotopic (exact) mass is 250 g/mol. The third-order valence-corrected chi connectivity index (χ3v) is 4.68. The number of hydrogen-bond donors (Lipinski definition) is 2. The molecule has 4 nitrogen and oxygen atoms in total. The standard InChI is InChI=1S/C14H26N4/c1-9-5-6-12(7-10(9)2)14(16-15)13-8-18(4)17-11(13)3/h8-10,12,14,16H,5-7,15H2,1-4H3. The fraction of sp³-hybridized carbons (Fsp3) is 0.786. The molecule has 1 fully saturated rings. The van der Waals surface area contributed by atoms with Gasteiger partial charge in [-0.25, -0.2) is 0 Å². The molecule has 4 heteroatoms. The average Bonchev–Trinajstić information content (AvgIpc) is 2.64. The number of nitrogens with two attached hydrogens (primary N) is 1. The normalized spacial score (nSPS) is 30.4. The Kier molecular flexibility index (Phi) is 4.07. The maximum absolute atomic E-state index is 5.81. The molecule has 4 atom stereocenters. The molecule has 1 aliphatic rings. The summed E-state index contributed by atoms with van der Waals surface area (Å²) in [5.41, 5.74) is 5.37. The number of nitrogens with zero attached hydrogens (tertiary/aromatic N) is 2. The SMILES string of the molecule is Cc1nn(C)cc1C(NN)C1CCC(C)C(C)C1. The molecule has 4 unspecified atom stereocenters. The maximum Gasteiger partial charge on any atom is 0.0642 e. The molecule has 0 amide bonds. The Labute approximate surface area is 110 Å². The van der Waals surface area contributed by atoms with Crippen LogP contribution in [0.1, 0.15) is 50.4 Å². The lowest BCUT2D eigenvalue weighted by Gasteiger charge is -2.36. The van der Waals surface area contributed by atoms with Crippen molar-refractivity contribution in [2.75, 3.05) is 0 Å². The van der Waals surface area contributed by atoms with Crippen LogP contribution in [0.2, 0.25) is 0 Å². The van der Waals surface area contributed by atoms with Crippen LogP contribution < -0.4 is 11.3 Å². The predicted molar refractivity (Wildman–Crippen MR) is 73.7 cm³/mol. The lowest BCUT2D eigenvalue weighted by atomic mass is 9.72. The van der Waals surface area contributed by atoms with Crippen LogP contribution in [-0.2, 0) is 7.05 Å². The van der Waals surface area contributed by atoms with Gasteiger partial charge in [0.05, 0.1) is 11.7 Å². The Hall–Kier alpha value is -0.870. The van der Waals surface area contributed by atoms with Crippen molar-refractivity contribution in [3.8, 4) is 0 Å². The van der Waals surface area contributed by atoms with Crippen molar-refractivity contribution in [2.45, 2.75) is 46.1 Å². The van der Waals surface area contributed by atoms with E-state index in [1.807, 2.05) is 11.7 Å². The second-order valence-electron chi connectivity index (χ2n) is 6.02. The first-order valence-corrected chi connectivity index (χ1v) is 6.99. The van der Waals surface area contributed by atoms with Crippen LogP contribution in [0.25, 0.3) is 0 Å². The van der Waals surface area contributed by atoms with Crippen LogP contribution in [0.4, 0.5) is 0 Å². The van der Waals surface area contributed by atoms with Crippen molar-refractivity contribution in [1.82, 2.24) is 15.2 Å². The summed E-state index contributed by atoms with van der Waals surface area (Å²) in [5, 5.41) is 4.43. The third-order valence-electron chi connectivity index (χ3n) is 4.68. The fourth-order valence-electron chi connectivity index (χ4n) is 3.29. The largest absolute Gasteiger partial charge is 0.275 e. The summed E-state index contributed by atoms with van der Waals surface area (Å²) in [6, 6.07) is 0.244. The molecule has 1 aromatic heterocycles. The summed E-state index contributed by atoms with van der Waals surface area (Å²) in [6.07, 6.45) is 5.92. The van der Waals surface area contributed by atoms with Crippen molar-refractivity contribution in [2.24, 2.45) is 30.6 Å². The smallest absolute Gasteiger partial charge is 0.0642 e. The molecular formula is C14H26N4. The van der Waals surface area contributed by atoms with E-state index in [2.05, 4.69) is 37.5 Å². The van der Waals surface area contributed by atoms with Gasteiger partial charge in [0.2, 0.25) is 0 Å². The van der Waals surface area contributed by atoms with Gasteiger partial charge in [-0.3, -0.25) is 16.0 Å². The molecule has 1 aliphatic carbocycles. The van der Waals surface area contributed by atoms with Gasteiger partial charge >= 0.3 is 0 Å². The molecule has 2 rings (SSSR count). The number of rotatable bonds is 3. The Bertz CT molecular complexity index is 398. The van der Waals surface area contributed by atoms with Crippen molar-refractivity contribution in [3.63, 3.8) is 0 Å². The first kappa shape index (κ1) is 13.6. The summed E-state index contributed by atoms with van der Waals surface area (Å²) in [5.74, 6) is 8.07. The molecule has 0 bridgehead atoms.